The van der Waals surface area contributed by atoms with E-state index in [4.69, 9.17) is 4.74 Å². The van der Waals surface area contributed by atoms with E-state index in [0.29, 0.717) is 25.2 Å². The average molecular weight is 410 g/mol. The zero-order valence-electron chi connectivity index (χ0n) is 17.6. The number of ether oxygens (including phenoxy) is 1. The Bertz CT molecular complexity index is 1050. The molecule has 158 valence electrons. The molecule has 1 aliphatic heterocycles. The maximum Gasteiger partial charge on any atom is 0.410 e. The van der Waals surface area contributed by atoms with E-state index in [2.05, 4.69) is 15.1 Å². The third-order valence-electron chi connectivity index (χ3n) is 5.21. The van der Waals surface area contributed by atoms with Crippen LogP contribution in [-0.2, 0) is 11.3 Å². The number of hydrogen-bond donors (Lipinski definition) is 1. The Morgan fingerprint density at radius 1 is 1.13 bits per heavy atom. The van der Waals surface area contributed by atoms with Gasteiger partial charge in [-0.2, -0.15) is 5.10 Å². The normalized spacial score (nSPS) is 15.5. The van der Waals surface area contributed by atoms with Gasteiger partial charge in [-0.25, -0.2) is 9.18 Å². The first-order chi connectivity index (χ1) is 14.3. The third kappa shape index (κ3) is 4.62. The number of aromatic nitrogens is 2. The van der Waals surface area contributed by atoms with Gasteiger partial charge in [0.05, 0.1) is 11.7 Å². The van der Waals surface area contributed by atoms with Crippen molar-refractivity contribution >= 4 is 17.0 Å². The number of carbonyl (C=O) groups is 1. The summed E-state index contributed by atoms with van der Waals surface area (Å²) < 4.78 is 20.3. The molecule has 1 amide bonds. The van der Waals surface area contributed by atoms with Crippen LogP contribution in [0.3, 0.4) is 0 Å². The number of carbonyl (C=O) groups excluding carboxylic acids is 1. The number of rotatable bonds is 3. The molecule has 4 rings (SSSR count). The Hall–Kier alpha value is -2.93. The maximum absolute atomic E-state index is 14.8. The summed E-state index contributed by atoms with van der Waals surface area (Å²) in [6, 6.07) is 11.2. The predicted octanol–water partition coefficient (Wildman–Crippen LogP) is 4.42. The van der Waals surface area contributed by atoms with Crippen LogP contribution in [0.2, 0.25) is 0 Å². The van der Waals surface area contributed by atoms with Gasteiger partial charge in [0.15, 0.2) is 0 Å². The summed E-state index contributed by atoms with van der Waals surface area (Å²) >= 11 is 0. The van der Waals surface area contributed by atoms with Crippen molar-refractivity contribution in [3.05, 3.63) is 54.0 Å². The number of fused-ring (bicyclic) bond motifs is 1. The minimum atomic E-state index is -0.490. The molecule has 1 fully saturated rings. The monoisotopic (exact) mass is 410 g/mol. The zero-order valence-corrected chi connectivity index (χ0v) is 17.6. The SMILES string of the molecule is CC(C)(C)OC(=O)N1CCN(Cc2ccc(-c3ccc4[nH]ncc4c3)c(F)c2)CC1. The van der Waals surface area contributed by atoms with Gasteiger partial charge in [-0.3, -0.25) is 10.00 Å². The van der Waals surface area contributed by atoms with E-state index < -0.39 is 5.60 Å². The molecule has 0 bridgehead atoms. The lowest BCUT2D eigenvalue weighted by molar-refractivity contribution is 0.0139. The average Bonchev–Trinajstić information content (AvgIpc) is 3.15. The Morgan fingerprint density at radius 2 is 1.90 bits per heavy atom. The van der Waals surface area contributed by atoms with Gasteiger partial charge in [-0.1, -0.05) is 18.2 Å². The number of amides is 1. The number of hydrogen-bond acceptors (Lipinski definition) is 4. The van der Waals surface area contributed by atoms with E-state index in [1.165, 1.54) is 0 Å². The molecule has 1 N–H and O–H groups in total. The highest BCUT2D eigenvalue weighted by Crippen LogP contribution is 2.27. The molecular formula is C23H27FN4O2. The smallest absolute Gasteiger partial charge is 0.410 e. The molecule has 1 saturated heterocycles. The largest absolute Gasteiger partial charge is 0.444 e. The van der Waals surface area contributed by atoms with E-state index in [-0.39, 0.29) is 11.9 Å². The fourth-order valence-corrected chi connectivity index (χ4v) is 3.67. The van der Waals surface area contributed by atoms with Crippen LogP contribution in [0.5, 0.6) is 0 Å². The molecule has 7 heteroatoms. The van der Waals surface area contributed by atoms with E-state index in [1.807, 2.05) is 51.1 Å². The van der Waals surface area contributed by atoms with E-state index in [0.717, 1.165) is 35.1 Å². The summed E-state index contributed by atoms with van der Waals surface area (Å²) in [5.41, 5.74) is 2.78. The van der Waals surface area contributed by atoms with Crippen molar-refractivity contribution in [2.75, 3.05) is 26.2 Å². The molecule has 0 atom stereocenters. The predicted molar refractivity (Wildman–Crippen MR) is 115 cm³/mol. The van der Waals surface area contributed by atoms with Gasteiger partial charge in [0.1, 0.15) is 11.4 Å². The van der Waals surface area contributed by atoms with Crippen molar-refractivity contribution in [3.63, 3.8) is 0 Å². The summed E-state index contributed by atoms with van der Waals surface area (Å²) in [5, 5.41) is 7.88. The Balaban J connectivity index is 1.38. The van der Waals surface area contributed by atoms with Crippen LogP contribution in [0.25, 0.3) is 22.0 Å². The van der Waals surface area contributed by atoms with Crippen molar-refractivity contribution in [2.24, 2.45) is 0 Å². The van der Waals surface area contributed by atoms with Crippen LogP contribution in [0.4, 0.5) is 9.18 Å². The second-order valence-electron chi connectivity index (χ2n) is 8.73. The molecule has 0 saturated carbocycles. The summed E-state index contributed by atoms with van der Waals surface area (Å²) in [5.74, 6) is -0.234. The lowest BCUT2D eigenvalue weighted by atomic mass is 10.0. The van der Waals surface area contributed by atoms with Crippen LogP contribution < -0.4 is 0 Å². The maximum atomic E-state index is 14.8. The number of nitrogens with one attached hydrogen (secondary N) is 1. The van der Waals surface area contributed by atoms with Crippen molar-refractivity contribution in [1.82, 2.24) is 20.0 Å². The van der Waals surface area contributed by atoms with Gasteiger partial charge < -0.3 is 9.64 Å². The van der Waals surface area contributed by atoms with Gasteiger partial charge in [-0.05, 0) is 50.1 Å². The Labute approximate surface area is 175 Å². The highest BCUT2D eigenvalue weighted by Gasteiger charge is 2.25. The van der Waals surface area contributed by atoms with E-state index in [1.54, 1.807) is 17.2 Å². The van der Waals surface area contributed by atoms with Gasteiger partial charge in [0.2, 0.25) is 0 Å². The summed E-state index contributed by atoms with van der Waals surface area (Å²) in [6.07, 6.45) is 1.47. The fourth-order valence-electron chi connectivity index (χ4n) is 3.67. The molecular weight excluding hydrogens is 383 g/mol. The van der Waals surface area contributed by atoms with Gasteiger partial charge in [0.25, 0.3) is 0 Å². The van der Waals surface area contributed by atoms with Gasteiger partial charge >= 0.3 is 6.09 Å². The van der Waals surface area contributed by atoms with Gasteiger partial charge in [0, 0.05) is 43.7 Å². The van der Waals surface area contributed by atoms with Crippen molar-refractivity contribution in [2.45, 2.75) is 32.9 Å². The highest BCUT2D eigenvalue weighted by atomic mass is 19.1. The standard InChI is InChI=1S/C23H27FN4O2/c1-23(2,3)30-22(29)28-10-8-27(9-11-28)15-16-4-6-19(20(24)12-16)17-5-7-21-18(13-17)14-25-26-21/h4-7,12-14H,8-11,15H2,1-3H3,(H,25,26). The molecule has 0 unspecified atom stereocenters. The second kappa shape index (κ2) is 8.07. The van der Waals surface area contributed by atoms with Crippen molar-refractivity contribution < 1.29 is 13.9 Å². The Kier molecular flexibility index (Phi) is 5.47. The van der Waals surface area contributed by atoms with Crippen molar-refractivity contribution in [1.29, 1.82) is 0 Å². The number of halogens is 1. The number of H-pyrrole nitrogens is 1. The molecule has 3 aromatic rings. The quantitative estimate of drug-likeness (QED) is 0.694. The first kappa shape index (κ1) is 20.3. The third-order valence-corrected chi connectivity index (χ3v) is 5.21. The molecule has 1 aromatic heterocycles. The first-order valence-corrected chi connectivity index (χ1v) is 10.2. The summed E-state index contributed by atoms with van der Waals surface area (Å²) in [4.78, 5) is 16.2. The minimum Gasteiger partial charge on any atom is -0.444 e. The molecule has 0 aliphatic carbocycles. The van der Waals surface area contributed by atoms with Crippen LogP contribution in [0.15, 0.2) is 42.6 Å². The summed E-state index contributed by atoms with van der Waals surface area (Å²) in [7, 11) is 0. The molecule has 2 heterocycles. The molecule has 6 nitrogen and oxygen atoms in total. The molecule has 2 aromatic carbocycles. The van der Waals surface area contributed by atoms with Gasteiger partial charge in [-0.15, -0.1) is 0 Å². The van der Waals surface area contributed by atoms with Crippen LogP contribution >= 0.6 is 0 Å². The number of benzene rings is 2. The minimum absolute atomic E-state index is 0.234. The number of aromatic amines is 1. The summed E-state index contributed by atoms with van der Waals surface area (Å²) in [6.45, 7) is 8.95. The molecule has 0 spiro atoms. The van der Waals surface area contributed by atoms with Crippen molar-refractivity contribution in [3.8, 4) is 11.1 Å². The lowest BCUT2D eigenvalue weighted by Crippen LogP contribution is -2.49. The number of piperazine rings is 1. The van der Waals surface area contributed by atoms with Crippen LogP contribution in [0, 0.1) is 5.82 Å². The molecule has 1 aliphatic rings. The number of nitrogens with zero attached hydrogens (tertiary/aromatic N) is 3. The van der Waals surface area contributed by atoms with Crippen LogP contribution in [-0.4, -0.2) is 57.9 Å². The first-order valence-electron chi connectivity index (χ1n) is 10.2. The molecule has 30 heavy (non-hydrogen) atoms. The highest BCUT2D eigenvalue weighted by molar-refractivity contribution is 5.84. The van der Waals surface area contributed by atoms with Crippen LogP contribution in [0.1, 0.15) is 26.3 Å². The second-order valence-corrected chi connectivity index (χ2v) is 8.73. The van der Waals surface area contributed by atoms with E-state index in [9.17, 15) is 9.18 Å². The zero-order chi connectivity index (χ0) is 21.3. The fraction of sp³-hybridized carbons (Fsp3) is 0.391. The lowest BCUT2D eigenvalue weighted by Gasteiger charge is -2.35. The topological polar surface area (TPSA) is 61.5 Å². The van der Waals surface area contributed by atoms with E-state index >= 15 is 0 Å². The Morgan fingerprint density at radius 3 is 2.60 bits per heavy atom. The molecule has 0 radical (unpaired) electrons.